The summed E-state index contributed by atoms with van der Waals surface area (Å²) in [5.74, 6) is -0.735. The van der Waals surface area contributed by atoms with E-state index in [1.165, 1.54) is 18.2 Å². The van der Waals surface area contributed by atoms with Gasteiger partial charge in [0.2, 0.25) is 0 Å². The van der Waals surface area contributed by atoms with Crippen molar-refractivity contribution in [2.45, 2.75) is 19.3 Å². The van der Waals surface area contributed by atoms with Crippen molar-refractivity contribution in [2.24, 2.45) is 0 Å². The Hall–Kier alpha value is -2.91. The largest absolute Gasteiger partial charge is 0.365 e. The van der Waals surface area contributed by atoms with Crippen molar-refractivity contribution >= 4 is 51.9 Å². The molecule has 0 unspecified atom stereocenters. The zero-order valence-corrected chi connectivity index (χ0v) is 16.6. The Balaban J connectivity index is 2.12. The summed E-state index contributed by atoms with van der Waals surface area (Å²) in [6.45, 7) is 1.03. The van der Waals surface area contributed by atoms with Crippen LogP contribution >= 0.6 is 23.2 Å². The normalized spacial score (nSPS) is 13.8. The van der Waals surface area contributed by atoms with E-state index in [0.29, 0.717) is 18.1 Å². The molecule has 1 fully saturated rings. The minimum Gasteiger partial charge on any atom is -0.365 e. The van der Waals surface area contributed by atoms with Gasteiger partial charge in [-0.25, -0.2) is 0 Å². The van der Waals surface area contributed by atoms with Gasteiger partial charge >= 0.3 is 0 Å². The molecule has 11 heteroatoms. The number of rotatable bonds is 5. The lowest BCUT2D eigenvalue weighted by atomic mass is 10.0. The van der Waals surface area contributed by atoms with Crippen molar-refractivity contribution < 1.29 is 14.6 Å². The van der Waals surface area contributed by atoms with Crippen molar-refractivity contribution in [1.29, 1.82) is 0 Å². The summed E-state index contributed by atoms with van der Waals surface area (Å²) in [6, 6.07) is 6.37. The lowest BCUT2D eigenvalue weighted by molar-refractivity contribution is -0.393. The maximum Gasteiger partial charge on any atom is 0.300 e. The number of non-ortho nitro benzene ring substituents is 1. The van der Waals surface area contributed by atoms with E-state index in [4.69, 9.17) is 23.2 Å². The Labute approximate surface area is 175 Å². The molecule has 0 saturated carbocycles. The van der Waals surface area contributed by atoms with Crippen LogP contribution in [-0.2, 0) is 0 Å². The van der Waals surface area contributed by atoms with Gasteiger partial charge in [-0.2, -0.15) is 0 Å². The van der Waals surface area contributed by atoms with Gasteiger partial charge in [-0.05, 0) is 37.5 Å². The van der Waals surface area contributed by atoms with Crippen molar-refractivity contribution in [3.05, 3.63) is 66.2 Å². The predicted molar refractivity (Wildman–Crippen MR) is 110 cm³/mol. The number of hydrogen-bond acceptors (Lipinski definition) is 6. The summed E-state index contributed by atoms with van der Waals surface area (Å²) < 4.78 is 0. The molecule has 2 aromatic rings. The molecule has 1 saturated heterocycles. The highest BCUT2D eigenvalue weighted by atomic mass is 35.5. The molecule has 1 N–H and O–H groups in total. The molecule has 0 aromatic heterocycles. The van der Waals surface area contributed by atoms with Gasteiger partial charge in [0.1, 0.15) is 5.69 Å². The highest BCUT2D eigenvalue weighted by Gasteiger charge is 2.31. The molecule has 0 spiro atoms. The van der Waals surface area contributed by atoms with Gasteiger partial charge in [0.15, 0.2) is 0 Å². The van der Waals surface area contributed by atoms with E-state index in [1.54, 1.807) is 4.90 Å². The number of nitrogens with one attached hydrogen (secondary N) is 1. The Morgan fingerprint density at radius 1 is 1.00 bits per heavy atom. The second-order valence-electron chi connectivity index (χ2n) is 6.50. The summed E-state index contributed by atoms with van der Waals surface area (Å²) in [7, 11) is 0. The van der Waals surface area contributed by atoms with Crippen molar-refractivity contribution in [3.63, 3.8) is 0 Å². The Bertz CT molecular complexity index is 992. The topological polar surface area (TPSA) is 119 Å². The van der Waals surface area contributed by atoms with Crippen LogP contribution in [0.15, 0.2) is 30.3 Å². The highest BCUT2D eigenvalue weighted by molar-refractivity contribution is 6.36. The molecule has 1 aliphatic rings. The molecule has 29 heavy (non-hydrogen) atoms. The van der Waals surface area contributed by atoms with Crippen LogP contribution in [0.3, 0.4) is 0 Å². The van der Waals surface area contributed by atoms with Crippen molar-refractivity contribution in [3.8, 4) is 0 Å². The van der Waals surface area contributed by atoms with E-state index in [2.05, 4.69) is 5.32 Å². The fourth-order valence-electron chi connectivity index (χ4n) is 3.25. The Morgan fingerprint density at radius 2 is 1.69 bits per heavy atom. The third kappa shape index (κ3) is 4.57. The van der Waals surface area contributed by atoms with Gasteiger partial charge in [0.25, 0.3) is 17.3 Å². The van der Waals surface area contributed by atoms with Crippen LogP contribution < -0.4 is 10.2 Å². The average molecular weight is 439 g/mol. The number of piperidine rings is 1. The summed E-state index contributed by atoms with van der Waals surface area (Å²) in [6.07, 6.45) is 2.58. The van der Waals surface area contributed by atoms with Crippen LogP contribution in [-0.4, -0.2) is 28.8 Å². The van der Waals surface area contributed by atoms with Gasteiger partial charge in [-0.1, -0.05) is 23.2 Å². The zero-order chi connectivity index (χ0) is 21.1. The number of nitro benzene ring substituents is 2. The minimum atomic E-state index is -0.765. The third-order valence-electron chi connectivity index (χ3n) is 4.58. The molecule has 3 rings (SSSR count). The quantitative estimate of drug-likeness (QED) is 0.514. The van der Waals surface area contributed by atoms with E-state index in [1.807, 2.05) is 0 Å². The fourth-order valence-corrected chi connectivity index (χ4v) is 3.71. The van der Waals surface area contributed by atoms with Crippen LogP contribution in [0.2, 0.25) is 10.0 Å². The molecule has 0 bridgehead atoms. The monoisotopic (exact) mass is 438 g/mol. The first kappa shape index (κ1) is 20.8. The molecule has 1 aliphatic heterocycles. The number of nitro groups is 2. The first-order valence-electron chi connectivity index (χ1n) is 8.76. The van der Waals surface area contributed by atoms with Crippen LogP contribution in [0.1, 0.15) is 29.6 Å². The number of benzene rings is 2. The number of halogens is 2. The summed E-state index contributed by atoms with van der Waals surface area (Å²) in [5, 5.41) is 26.0. The lowest BCUT2D eigenvalue weighted by Gasteiger charge is -2.29. The maximum atomic E-state index is 13.0. The molecule has 0 radical (unpaired) electrons. The summed E-state index contributed by atoms with van der Waals surface area (Å²) >= 11 is 11.9. The standard InChI is InChI=1S/C18H16Cl2N4O5/c19-11-4-5-15(14(20)8-11)21-18(25)13-9-12(23(26)27)10-16(24(28)29)17(13)22-6-2-1-3-7-22/h4-5,8-10H,1-3,6-7H2,(H,21,25). The molecule has 0 atom stereocenters. The van der Waals surface area contributed by atoms with Crippen LogP contribution in [0.4, 0.5) is 22.7 Å². The number of amides is 1. The van der Waals surface area contributed by atoms with Crippen LogP contribution in [0.25, 0.3) is 0 Å². The number of hydrogen-bond donors (Lipinski definition) is 1. The number of carbonyl (C=O) groups excluding carboxylic acids is 1. The molecule has 0 aliphatic carbocycles. The maximum absolute atomic E-state index is 13.0. The van der Waals surface area contributed by atoms with Crippen LogP contribution in [0, 0.1) is 20.2 Å². The van der Waals surface area contributed by atoms with Gasteiger partial charge in [-0.15, -0.1) is 0 Å². The van der Waals surface area contributed by atoms with Gasteiger partial charge in [0.05, 0.1) is 32.2 Å². The van der Waals surface area contributed by atoms with Crippen LogP contribution in [0.5, 0.6) is 0 Å². The molecule has 9 nitrogen and oxygen atoms in total. The van der Waals surface area contributed by atoms with Crippen molar-refractivity contribution in [1.82, 2.24) is 0 Å². The summed E-state index contributed by atoms with van der Waals surface area (Å²) in [5.41, 5.74) is -0.861. The Kier molecular flexibility index (Phi) is 6.19. The van der Waals surface area contributed by atoms with Crippen molar-refractivity contribution in [2.75, 3.05) is 23.3 Å². The predicted octanol–water partition coefficient (Wildman–Crippen LogP) is 5.05. The lowest BCUT2D eigenvalue weighted by Crippen LogP contribution is -2.32. The number of carbonyl (C=O) groups is 1. The molecular formula is C18H16Cl2N4O5. The molecule has 152 valence electrons. The SMILES string of the molecule is O=C(Nc1ccc(Cl)cc1Cl)c1cc([N+](=O)[O-])cc([N+](=O)[O-])c1N1CCCCC1. The summed E-state index contributed by atoms with van der Waals surface area (Å²) in [4.78, 5) is 36.2. The van der Waals surface area contributed by atoms with Gasteiger partial charge in [0, 0.05) is 24.2 Å². The average Bonchev–Trinajstić information content (AvgIpc) is 2.69. The second-order valence-corrected chi connectivity index (χ2v) is 7.34. The Morgan fingerprint density at radius 3 is 2.28 bits per heavy atom. The van der Waals surface area contributed by atoms with E-state index in [9.17, 15) is 25.0 Å². The van der Waals surface area contributed by atoms with E-state index < -0.39 is 27.1 Å². The number of anilines is 2. The fraction of sp³-hybridized carbons (Fsp3) is 0.278. The first-order valence-corrected chi connectivity index (χ1v) is 9.51. The number of nitrogens with zero attached hydrogens (tertiary/aromatic N) is 3. The zero-order valence-electron chi connectivity index (χ0n) is 15.1. The van der Waals surface area contributed by atoms with Gasteiger partial charge in [-0.3, -0.25) is 25.0 Å². The second kappa shape index (κ2) is 8.62. The van der Waals surface area contributed by atoms with E-state index in [-0.39, 0.29) is 22.0 Å². The first-order chi connectivity index (χ1) is 13.8. The van der Waals surface area contributed by atoms with E-state index in [0.717, 1.165) is 31.4 Å². The van der Waals surface area contributed by atoms with E-state index >= 15 is 0 Å². The molecular weight excluding hydrogens is 423 g/mol. The molecule has 2 aromatic carbocycles. The third-order valence-corrected chi connectivity index (χ3v) is 5.13. The smallest absolute Gasteiger partial charge is 0.300 e. The minimum absolute atomic E-state index is 0.0721. The highest BCUT2D eigenvalue weighted by Crippen LogP contribution is 2.38. The molecule has 1 amide bonds. The van der Waals surface area contributed by atoms with Gasteiger partial charge < -0.3 is 10.2 Å². The molecule has 1 heterocycles.